The van der Waals surface area contributed by atoms with Crippen molar-refractivity contribution in [1.82, 2.24) is 0 Å². The number of rotatable bonds is 6. The normalized spacial score (nSPS) is 12.1. The molecular formula is C11H14ClNO3S. The molecule has 0 saturated carbocycles. The Hall–Kier alpha value is -1.07. The van der Waals surface area contributed by atoms with E-state index in [0.29, 0.717) is 24.4 Å². The second-order valence-electron chi connectivity index (χ2n) is 3.53. The van der Waals surface area contributed by atoms with Crippen LogP contribution in [0.15, 0.2) is 18.2 Å². The molecule has 1 rings (SSSR count). The second kappa shape index (κ2) is 6.61. The molecule has 0 radical (unpaired) electrons. The van der Waals surface area contributed by atoms with Crippen LogP contribution in [0.4, 0.5) is 5.69 Å². The molecule has 0 aliphatic rings. The van der Waals surface area contributed by atoms with Gasteiger partial charge in [0.2, 0.25) is 0 Å². The lowest BCUT2D eigenvalue weighted by Gasteiger charge is -2.10. The summed E-state index contributed by atoms with van der Waals surface area (Å²) in [5, 5.41) is 12.2. The minimum atomic E-state index is -1.06. The van der Waals surface area contributed by atoms with Gasteiger partial charge < -0.3 is 10.4 Å². The van der Waals surface area contributed by atoms with Gasteiger partial charge in [-0.2, -0.15) is 0 Å². The molecule has 2 N–H and O–H groups in total. The fraction of sp³-hybridized carbons (Fsp3) is 0.364. The highest BCUT2D eigenvalue weighted by atomic mass is 35.5. The van der Waals surface area contributed by atoms with Crippen molar-refractivity contribution >= 4 is 34.1 Å². The van der Waals surface area contributed by atoms with Crippen molar-refractivity contribution in [1.29, 1.82) is 0 Å². The van der Waals surface area contributed by atoms with E-state index in [0.717, 1.165) is 0 Å². The van der Waals surface area contributed by atoms with E-state index in [4.69, 9.17) is 16.7 Å². The van der Waals surface area contributed by atoms with E-state index in [1.807, 2.05) is 0 Å². The number of hydrogen-bond acceptors (Lipinski definition) is 3. The summed E-state index contributed by atoms with van der Waals surface area (Å²) in [7, 11) is -0.824. The molecule has 1 aromatic rings. The van der Waals surface area contributed by atoms with Crippen LogP contribution in [0.2, 0.25) is 5.02 Å². The molecule has 0 bridgehead atoms. The van der Waals surface area contributed by atoms with Crippen LogP contribution in [0.3, 0.4) is 0 Å². The molecule has 94 valence electrons. The topological polar surface area (TPSA) is 66.4 Å². The van der Waals surface area contributed by atoms with E-state index >= 15 is 0 Å². The van der Waals surface area contributed by atoms with Gasteiger partial charge in [0.1, 0.15) is 5.56 Å². The molecule has 4 nitrogen and oxygen atoms in total. The van der Waals surface area contributed by atoms with Crippen LogP contribution in [0.1, 0.15) is 16.8 Å². The molecule has 0 heterocycles. The number of anilines is 1. The molecule has 0 amide bonds. The standard InChI is InChI=1S/C11H14ClNO3S/c1-17(16)7-3-6-13-9-5-2-4-8(12)10(9)11(14)15/h2,4-5,13H,3,6-7H2,1H3,(H,14,15). The van der Waals surface area contributed by atoms with Crippen LogP contribution < -0.4 is 5.32 Å². The molecule has 1 atom stereocenters. The van der Waals surface area contributed by atoms with Crippen LogP contribution >= 0.6 is 11.6 Å². The van der Waals surface area contributed by atoms with Gasteiger partial charge in [-0.1, -0.05) is 17.7 Å². The number of carboxylic acid groups (broad SMARTS) is 1. The maximum atomic E-state index is 11.0. The summed E-state index contributed by atoms with van der Waals surface area (Å²) in [5.41, 5.74) is 0.568. The van der Waals surface area contributed by atoms with Crippen molar-refractivity contribution < 1.29 is 14.1 Å². The predicted molar refractivity (Wildman–Crippen MR) is 70.5 cm³/mol. The van der Waals surface area contributed by atoms with Crippen molar-refractivity contribution in [3.05, 3.63) is 28.8 Å². The highest BCUT2D eigenvalue weighted by Gasteiger charge is 2.13. The fourth-order valence-corrected chi connectivity index (χ4v) is 2.19. The molecule has 0 aromatic heterocycles. The number of carbonyl (C=O) groups is 1. The molecule has 1 aromatic carbocycles. The Bertz CT molecular complexity index is 437. The van der Waals surface area contributed by atoms with Gasteiger partial charge in [0.05, 0.1) is 10.7 Å². The van der Waals surface area contributed by atoms with Gasteiger partial charge in [0, 0.05) is 29.4 Å². The zero-order chi connectivity index (χ0) is 12.8. The van der Waals surface area contributed by atoms with Gasteiger partial charge in [-0.15, -0.1) is 0 Å². The van der Waals surface area contributed by atoms with Gasteiger partial charge >= 0.3 is 5.97 Å². The summed E-state index contributed by atoms with van der Waals surface area (Å²) in [4.78, 5) is 11.0. The van der Waals surface area contributed by atoms with Crippen molar-refractivity contribution in [3.63, 3.8) is 0 Å². The lowest BCUT2D eigenvalue weighted by Crippen LogP contribution is -2.10. The molecule has 6 heteroatoms. The number of benzene rings is 1. The molecule has 17 heavy (non-hydrogen) atoms. The third-order valence-electron chi connectivity index (χ3n) is 2.15. The highest BCUT2D eigenvalue weighted by molar-refractivity contribution is 7.84. The average Bonchev–Trinajstić information content (AvgIpc) is 2.23. The summed E-state index contributed by atoms with van der Waals surface area (Å²) in [5.74, 6) is -0.465. The lowest BCUT2D eigenvalue weighted by molar-refractivity contribution is 0.0698. The Labute approximate surface area is 107 Å². The summed E-state index contributed by atoms with van der Waals surface area (Å²) in [6, 6.07) is 4.89. The maximum Gasteiger partial charge on any atom is 0.339 e. The van der Waals surface area contributed by atoms with Gasteiger partial charge in [-0.25, -0.2) is 4.79 Å². The monoisotopic (exact) mass is 275 g/mol. The van der Waals surface area contributed by atoms with Crippen molar-refractivity contribution in [3.8, 4) is 0 Å². The number of carboxylic acids is 1. The minimum Gasteiger partial charge on any atom is -0.478 e. The average molecular weight is 276 g/mol. The Morgan fingerprint density at radius 2 is 2.24 bits per heavy atom. The number of nitrogens with one attached hydrogen (secondary N) is 1. The minimum absolute atomic E-state index is 0.0757. The molecule has 0 spiro atoms. The first-order valence-corrected chi connectivity index (χ1v) is 7.18. The summed E-state index contributed by atoms with van der Waals surface area (Å²) >= 11 is 5.82. The van der Waals surface area contributed by atoms with E-state index in [-0.39, 0.29) is 10.6 Å². The van der Waals surface area contributed by atoms with E-state index in [2.05, 4.69) is 5.32 Å². The first-order valence-electron chi connectivity index (χ1n) is 5.08. The number of hydrogen-bond donors (Lipinski definition) is 2. The molecule has 0 saturated heterocycles. The highest BCUT2D eigenvalue weighted by Crippen LogP contribution is 2.24. The number of aromatic carboxylic acids is 1. The Balaban J connectivity index is 2.67. The van der Waals surface area contributed by atoms with Crippen LogP contribution in [-0.2, 0) is 10.8 Å². The van der Waals surface area contributed by atoms with Gasteiger partial charge in [0.25, 0.3) is 0 Å². The molecule has 1 unspecified atom stereocenters. The predicted octanol–water partition coefficient (Wildman–Crippen LogP) is 2.22. The van der Waals surface area contributed by atoms with Crippen molar-refractivity contribution in [2.75, 3.05) is 23.9 Å². The van der Waals surface area contributed by atoms with E-state index in [9.17, 15) is 9.00 Å². The van der Waals surface area contributed by atoms with Crippen LogP contribution in [0.5, 0.6) is 0 Å². The molecule has 0 aliphatic heterocycles. The fourth-order valence-electron chi connectivity index (χ4n) is 1.39. The lowest BCUT2D eigenvalue weighted by atomic mass is 10.1. The Morgan fingerprint density at radius 3 is 2.82 bits per heavy atom. The summed E-state index contributed by atoms with van der Waals surface area (Å²) in [6.45, 7) is 0.570. The van der Waals surface area contributed by atoms with Crippen LogP contribution in [0, 0.1) is 0 Å². The van der Waals surface area contributed by atoms with Gasteiger partial charge in [-0.3, -0.25) is 4.21 Å². The van der Waals surface area contributed by atoms with Crippen LogP contribution in [0.25, 0.3) is 0 Å². The quantitative estimate of drug-likeness (QED) is 0.781. The first-order chi connectivity index (χ1) is 8.02. The Morgan fingerprint density at radius 1 is 1.53 bits per heavy atom. The first kappa shape index (κ1) is 14.0. The molecule has 0 fully saturated rings. The molecule has 0 aliphatic carbocycles. The zero-order valence-electron chi connectivity index (χ0n) is 9.40. The SMILES string of the molecule is CS(=O)CCCNc1cccc(Cl)c1C(=O)O. The maximum absolute atomic E-state index is 11.0. The van der Waals surface area contributed by atoms with Gasteiger partial charge in [0.15, 0.2) is 0 Å². The third kappa shape index (κ3) is 4.36. The van der Waals surface area contributed by atoms with Crippen LogP contribution in [-0.4, -0.2) is 33.8 Å². The van der Waals surface area contributed by atoms with E-state index in [1.54, 1.807) is 18.4 Å². The number of halogens is 1. The smallest absolute Gasteiger partial charge is 0.339 e. The summed E-state index contributed by atoms with van der Waals surface area (Å²) < 4.78 is 10.9. The molecular weight excluding hydrogens is 262 g/mol. The second-order valence-corrected chi connectivity index (χ2v) is 5.49. The third-order valence-corrected chi connectivity index (χ3v) is 3.33. The largest absolute Gasteiger partial charge is 0.478 e. The van der Waals surface area contributed by atoms with E-state index in [1.165, 1.54) is 6.07 Å². The van der Waals surface area contributed by atoms with Crippen molar-refractivity contribution in [2.45, 2.75) is 6.42 Å². The zero-order valence-corrected chi connectivity index (χ0v) is 11.0. The van der Waals surface area contributed by atoms with Gasteiger partial charge in [-0.05, 0) is 18.6 Å². The summed E-state index contributed by atoms with van der Waals surface area (Å²) in [6.07, 6.45) is 2.36. The van der Waals surface area contributed by atoms with E-state index < -0.39 is 16.8 Å². The Kier molecular flexibility index (Phi) is 5.44. The van der Waals surface area contributed by atoms with Crippen molar-refractivity contribution in [2.24, 2.45) is 0 Å².